The molecule has 0 aliphatic carbocycles. The molecule has 3 aromatic rings. The zero-order chi connectivity index (χ0) is 17.9. The highest BCUT2D eigenvalue weighted by atomic mass is 32.1. The third-order valence-corrected chi connectivity index (χ3v) is 5.16. The van der Waals surface area contributed by atoms with E-state index in [9.17, 15) is 5.11 Å². The van der Waals surface area contributed by atoms with Gasteiger partial charge in [-0.05, 0) is 23.6 Å². The molecule has 1 N–H and O–H groups in total. The van der Waals surface area contributed by atoms with E-state index in [4.69, 9.17) is 4.74 Å². The summed E-state index contributed by atoms with van der Waals surface area (Å²) >= 11 is 1.62. The van der Waals surface area contributed by atoms with Crippen LogP contribution in [0.4, 0.5) is 5.82 Å². The third-order valence-electron chi connectivity index (χ3n) is 4.48. The van der Waals surface area contributed by atoms with E-state index >= 15 is 0 Å². The number of aromatic nitrogens is 4. The molecule has 9 heteroatoms. The van der Waals surface area contributed by atoms with E-state index in [1.165, 1.54) is 0 Å². The summed E-state index contributed by atoms with van der Waals surface area (Å²) in [5.74, 6) is 1.50. The van der Waals surface area contributed by atoms with E-state index in [1.54, 1.807) is 15.9 Å². The van der Waals surface area contributed by atoms with Crippen LogP contribution in [0.25, 0.3) is 17.0 Å². The van der Waals surface area contributed by atoms with Gasteiger partial charge >= 0.3 is 0 Å². The second kappa shape index (κ2) is 7.67. The zero-order valence-corrected chi connectivity index (χ0v) is 15.5. The van der Waals surface area contributed by atoms with Crippen molar-refractivity contribution in [2.75, 3.05) is 51.3 Å². The van der Waals surface area contributed by atoms with Crippen molar-refractivity contribution in [3.8, 4) is 11.4 Å². The molecule has 0 aromatic carbocycles. The van der Waals surface area contributed by atoms with Crippen molar-refractivity contribution in [2.24, 2.45) is 0 Å². The number of hydrogen-bond donors (Lipinski definition) is 1. The number of likely N-dealkylation sites (N-methyl/N-ethyl adjacent to an activating group) is 1. The summed E-state index contributed by atoms with van der Waals surface area (Å²) in [6.45, 7) is 4.36. The molecule has 1 atom stereocenters. The van der Waals surface area contributed by atoms with Gasteiger partial charge < -0.3 is 14.7 Å². The smallest absolute Gasteiger partial charge is 0.186 e. The summed E-state index contributed by atoms with van der Waals surface area (Å²) < 4.78 is 7.10. The minimum atomic E-state index is -0.451. The lowest BCUT2D eigenvalue weighted by molar-refractivity contribution is 0.0162. The number of fused-ring (bicyclic) bond motifs is 1. The standard InChI is InChI=1S/C17H22N6O2S/c1-21(10-14(24)11-22-5-7-25-8-6-22)16-3-2-15-18-19-17(23(15)20-16)13-4-9-26-12-13/h2-4,9,12,14,24H,5-8,10-11H2,1H3. The zero-order valence-electron chi connectivity index (χ0n) is 14.7. The van der Waals surface area contributed by atoms with Crippen LogP contribution in [0.3, 0.4) is 0 Å². The van der Waals surface area contributed by atoms with E-state index in [0.717, 1.165) is 43.5 Å². The van der Waals surface area contributed by atoms with Gasteiger partial charge in [0.25, 0.3) is 0 Å². The van der Waals surface area contributed by atoms with E-state index in [2.05, 4.69) is 20.2 Å². The molecule has 4 heterocycles. The van der Waals surface area contributed by atoms with Crippen LogP contribution in [-0.4, -0.2) is 82.4 Å². The third kappa shape index (κ3) is 3.70. The number of aliphatic hydroxyl groups excluding tert-OH is 1. The summed E-state index contributed by atoms with van der Waals surface area (Å²) in [6.07, 6.45) is -0.451. The van der Waals surface area contributed by atoms with Crippen LogP contribution in [0.15, 0.2) is 29.0 Å². The predicted molar refractivity (Wildman–Crippen MR) is 101 cm³/mol. The lowest BCUT2D eigenvalue weighted by Crippen LogP contribution is -2.44. The van der Waals surface area contributed by atoms with Gasteiger partial charge in [-0.3, -0.25) is 4.90 Å². The molecule has 0 spiro atoms. The average Bonchev–Trinajstić information content (AvgIpc) is 3.31. The first-order valence-corrected chi connectivity index (χ1v) is 9.59. The molecule has 1 saturated heterocycles. The maximum atomic E-state index is 10.4. The fourth-order valence-electron chi connectivity index (χ4n) is 3.10. The Balaban J connectivity index is 1.47. The number of anilines is 1. The molecule has 1 aliphatic rings. The molecule has 138 valence electrons. The first-order valence-electron chi connectivity index (χ1n) is 8.65. The Morgan fingerprint density at radius 1 is 1.27 bits per heavy atom. The molecule has 0 radical (unpaired) electrons. The van der Waals surface area contributed by atoms with E-state index < -0.39 is 6.10 Å². The summed E-state index contributed by atoms with van der Waals surface area (Å²) in [4.78, 5) is 4.19. The molecule has 0 saturated carbocycles. The van der Waals surface area contributed by atoms with Gasteiger partial charge in [-0.15, -0.1) is 15.3 Å². The molecular weight excluding hydrogens is 352 g/mol. The number of nitrogens with zero attached hydrogens (tertiary/aromatic N) is 6. The number of aliphatic hydroxyl groups is 1. The quantitative estimate of drug-likeness (QED) is 0.689. The van der Waals surface area contributed by atoms with Crippen LogP contribution in [-0.2, 0) is 4.74 Å². The highest BCUT2D eigenvalue weighted by Gasteiger charge is 2.18. The van der Waals surface area contributed by atoms with E-state index in [1.807, 2.05) is 40.9 Å². The Morgan fingerprint density at radius 2 is 2.12 bits per heavy atom. The van der Waals surface area contributed by atoms with Crippen molar-refractivity contribution in [2.45, 2.75) is 6.10 Å². The second-order valence-corrected chi connectivity index (χ2v) is 7.22. The summed E-state index contributed by atoms with van der Waals surface area (Å²) in [5.41, 5.74) is 1.71. The molecular formula is C17H22N6O2S. The molecule has 0 amide bonds. The summed E-state index contributed by atoms with van der Waals surface area (Å²) in [5, 5.41) is 27.6. The number of hydrogen-bond acceptors (Lipinski definition) is 8. The van der Waals surface area contributed by atoms with Crippen LogP contribution in [0.5, 0.6) is 0 Å². The number of rotatable bonds is 6. The Hall–Kier alpha value is -2.07. The largest absolute Gasteiger partial charge is 0.390 e. The maximum absolute atomic E-state index is 10.4. The van der Waals surface area contributed by atoms with Gasteiger partial charge in [0.05, 0.1) is 19.3 Å². The fraction of sp³-hybridized carbons (Fsp3) is 0.471. The average molecular weight is 374 g/mol. The van der Waals surface area contributed by atoms with Gasteiger partial charge in [0.2, 0.25) is 0 Å². The highest BCUT2D eigenvalue weighted by Crippen LogP contribution is 2.21. The van der Waals surface area contributed by atoms with Crippen molar-refractivity contribution in [1.82, 2.24) is 24.7 Å². The topological polar surface area (TPSA) is 79.0 Å². The highest BCUT2D eigenvalue weighted by molar-refractivity contribution is 7.08. The van der Waals surface area contributed by atoms with Crippen molar-refractivity contribution >= 4 is 22.8 Å². The summed E-state index contributed by atoms with van der Waals surface area (Å²) in [6, 6.07) is 5.81. The first kappa shape index (κ1) is 17.3. The van der Waals surface area contributed by atoms with Crippen molar-refractivity contribution in [1.29, 1.82) is 0 Å². The lowest BCUT2D eigenvalue weighted by atomic mass is 10.3. The molecule has 8 nitrogen and oxygen atoms in total. The summed E-state index contributed by atoms with van der Waals surface area (Å²) in [7, 11) is 1.94. The second-order valence-electron chi connectivity index (χ2n) is 6.44. The molecule has 26 heavy (non-hydrogen) atoms. The Kier molecular flexibility index (Phi) is 5.11. The Morgan fingerprint density at radius 3 is 2.88 bits per heavy atom. The monoisotopic (exact) mass is 374 g/mol. The normalized spacial score (nSPS) is 16.8. The SMILES string of the molecule is CN(CC(O)CN1CCOCC1)c1ccc2nnc(-c3ccsc3)n2n1. The van der Waals surface area contributed by atoms with E-state index in [-0.39, 0.29) is 0 Å². The molecule has 0 bridgehead atoms. The van der Waals surface area contributed by atoms with Gasteiger partial charge in [0.1, 0.15) is 5.82 Å². The van der Waals surface area contributed by atoms with Crippen LogP contribution < -0.4 is 4.90 Å². The number of β-amino-alcohol motifs (C(OH)–C–C–N with tert-alkyl or cyclic N) is 1. The number of thiophene rings is 1. The predicted octanol–water partition coefficient (Wildman–Crippen LogP) is 0.982. The van der Waals surface area contributed by atoms with Crippen LogP contribution in [0.2, 0.25) is 0 Å². The first-order chi connectivity index (χ1) is 12.7. The van der Waals surface area contributed by atoms with Crippen molar-refractivity contribution in [3.05, 3.63) is 29.0 Å². The van der Waals surface area contributed by atoms with Crippen LogP contribution in [0.1, 0.15) is 0 Å². The van der Waals surface area contributed by atoms with Crippen LogP contribution in [0, 0.1) is 0 Å². The van der Waals surface area contributed by atoms with Crippen molar-refractivity contribution < 1.29 is 9.84 Å². The van der Waals surface area contributed by atoms with Gasteiger partial charge in [0.15, 0.2) is 11.5 Å². The maximum Gasteiger partial charge on any atom is 0.186 e. The number of morpholine rings is 1. The van der Waals surface area contributed by atoms with E-state index in [0.29, 0.717) is 18.7 Å². The van der Waals surface area contributed by atoms with Gasteiger partial charge in [-0.2, -0.15) is 15.9 Å². The lowest BCUT2D eigenvalue weighted by Gasteiger charge is -2.30. The van der Waals surface area contributed by atoms with Gasteiger partial charge in [0, 0.05) is 44.2 Å². The Bertz CT molecular complexity index is 846. The number of ether oxygens (including phenoxy) is 1. The minimum absolute atomic E-state index is 0.451. The molecule has 4 rings (SSSR count). The van der Waals surface area contributed by atoms with Crippen molar-refractivity contribution in [3.63, 3.8) is 0 Å². The van der Waals surface area contributed by atoms with Crippen LogP contribution >= 0.6 is 11.3 Å². The van der Waals surface area contributed by atoms with Gasteiger partial charge in [-0.25, -0.2) is 0 Å². The Labute approximate surface area is 155 Å². The molecule has 1 aliphatic heterocycles. The molecule has 1 unspecified atom stereocenters. The molecule has 1 fully saturated rings. The fourth-order valence-corrected chi connectivity index (χ4v) is 3.74. The van der Waals surface area contributed by atoms with Gasteiger partial charge in [-0.1, -0.05) is 0 Å². The minimum Gasteiger partial charge on any atom is -0.390 e. The molecule has 3 aromatic heterocycles.